The first kappa shape index (κ1) is 20.2. The zero-order chi connectivity index (χ0) is 21.6. The summed E-state index contributed by atoms with van der Waals surface area (Å²) in [5.41, 5.74) is 0.841. The number of hydrogen-bond acceptors (Lipinski definition) is 4. The maximum Gasteiger partial charge on any atom is 0.320 e. The van der Waals surface area contributed by atoms with E-state index in [4.69, 9.17) is 0 Å². The second kappa shape index (κ2) is 7.77. The van der Waals surface area contributed by atoms with Gasteiger partial charge in [-0.25, -0.2) is 0 Å². The van der Waals surface area contributed by atoms with Gasteiger partial charge in [-0.1, -0.05) is 30.3 Å². The van der Waals surface area contributed by atoms with Crippen LogP contribution in [0.3, 0.4) is 0 Å². The molecule has 1 N–H and O–H groups in total. The average molecular weight is 423 g/mol. The van der Waals surface area contributed by atoms with E-state index in [9.17, 15) is 14.9 Å². The van der Waals surface area contributed by atoms with Crippen molar-refractivity contribution in [2.75, 3.05) is 0 Å². The van der Waals surface area contributed by atoms with Crippen LogP contribution in [-0.2, 0) is 12.0 Å². The highest BCUT2D eigenvalue weighted by atomic mass is 16.6. The van der Waals surface area contributed by atoms with Gasteiger partial charge in [0.1, 0.15) is 6.20 Å². The van der Waals surface area contributed by atoms with Crippen LogP contribution in [0.5, 0.6) is 0 Å². The molecule has 4 fully saturated rings. The van der Waals surface area contributed by atoms with Crippen molar-refractivity contribution in [1.29, 1.82) is 0 Å². The van der Waals surface area contributed by atoms with E-state index in [1.807, 2.05) is 25.1 Å². The van der Waals surface area contributed by atoms with Crippen LogP contribution in [0.15, 0.2) is 36.5 Å². The lowest BCUT2D eigenvalue weighted by Gasteiger charge is -2.56. The lowest BCUT2D eigenvalue weighted by atomic mass is 9.53. The Labute approximate surface area is 182 Å². The number of nitrogens with one attached hydrogen (secondary N) is 1. The topological polar surface area (TPSA) is 90.1 Å². The van der Waals surface area contributed by atoms with E-state index in [0.717, 1.165) is 32.1 Å². The van der Waals surface area contributed by atoms with E-state index >= 15 is 0 Å². The minimum atomic E-state index is -0.465. The van der Waals surface area contributed by atoms with Gasteiger partial charge in [0, 0.05) is 6.04 Å². The van der Waals surface area contributed by atoms with Gasteiger partial charge in [0.2, 0.25) is 5.69 Å². The maximum absolute atomic E-state index is 12.9. The molecule has 6 rings (SSSR count). The van der Waals surface area contributed by atoms with Gasteiger partial charge in [0.25, 0.3) is 5.91 Å². The molecule has 0 radical (unpaired) electrons. The fraction of sp³-hybridized carbons (Fsp3) is 0.583. The molecule has 1 aromatic carbocycles. The van der Waals surface area contributed by atoms with Crippen molar-refractivity contribution in [2.24, 2.45) is 17.8 Å². The minimum Gasteiger partial charge on any atom is -0.348 e. The number of hydrogen-bond donors (Lipinski definition) is 1. The first-order chi connectivity index (χ1) is 14.9. The number of aryl methyl sites for hydroxylation is 1. The van der Waals surface area contributed by atoms with Gasteiger partial charge in [-0.05, 0) is 81.6 Å². The molecule has 1 aromatic heterocycles. The molecule has 4 bridgehead atoms. The largest absolute Gasteiger partial charge is 0.348 e. The number of amides is 1. The molecule has 2 aromatic rings. The highest BCUT2D eigenvalue weighted by Gasteiger charge is 2.53. The Kier molecular flexibility index (Phi) is 5.07. The summed E-state index contributed by atoms with van der Waals surface area (Å²) in [6.07, 6.45) is 10.1. The van der Waals surface area contributed by atoms with Crippen molar-refractivity contribution in [2.45, 2.75) is 69.9 Å². The number of aromatic nitrogens is 2. The SMILES string of the molecule is CC(CCc1ccccc1)NC(=O)c1nn(C23CC4CC(CC(C4)C2)C3)cc1[N+](=O)[O-]. The Morgan fingerprint density at radius 2 is 1.81 bits per heavy atom. The lowest BCUT2D eigenvalue weighted by molar-refractivity contribution is -0.385. The fourth-order valence-electron chi connectivity index (χ4n) is 6.64. The third kappa shape index (κ3) is 3.86. The molecular formula is C24H30N4O3. The van der Waals surface area contributed by atoms with Gasteiger partial charge >= 0.3 is 5.69 Å². The average Bonchev–Trinajstić information content (AvgIpc) is 3.19. The summed E-state index contributed by atoms with van der Waals surface area (Å²) in [7, 11) is 0. The molecule has 4 saturated carbocycles. The van der Waals surface area contributed by atoms with Crippen molar-refractivity contribution in [3.8, 4) is 0 Å². The van der Waals surface area contributed by atoms with Crippen LogP contribution >= 0.6 is 0 Å². The number of benzene rings is 1. The highest BCUT2D eigenvalue weighted by Crippen LogP contribution is 2.58. The molecule has 1 atom stereocenters. The summed E-state index contributed by atoms with van der Waals surface area (Å²) >= 11 is 0. The van der Waals surface area contributed by atoms with E-state index in [0.29, 0.717) is 17.8 Å². The van der Waals surface area contributed by atoms with Crippen molar-refractivity contribution in [3.63, 3.8) is 0 Å². The molecule has 4 aliphatic carbocycles. The third-order valence-corrected chi connectivity index (χ3v) is 7.68. The number of nitro groups is 1. The molecule has 0 spiro atoms. The van der Waals surface area contributed by atoms with Crippen molar-refractivity contribution in [3.05, 3.63) is 57.9 Å². The van der Waals surface area contributed by atoms with E-state index in [-0.39, 0.29) is 23.0 Å². The lowest BCUT2D eigenvalue weighted by Crippen LogP contribution is -2.52. The number of carbonyl (C=O) groups excluding carboxylic acids is 1. The third-order valence-electron chi connectivity index (χ3n) is 7.68. The Hall–Kier alpha value is -2.70. The molecule has 31 heavy (non-hydrogen) atoms. The predicted octanol–water partition coefficient (Wildman–Crippen LogP) is 4.47. The summed E-state index contributed by atoms with van der Waals surface area (Å²) in [6.45, 7) is 1.93. The molecule has 0 aliphatic heterocycles. The van der Waals surface area contributed by atoms with Gasteiger partial charge in [0.05, 0.1) is 10.5 Å². The number of rotatable bonds is 7. The van der Waals surface area contributed by atoms with E-state index in [1.165, 1.54) is 31.0 Å². The molecule has 7 heteroatoms. The smallest absolute Gasteiger partial charge is 0.320 e. The number of carbonyl (C=O) groups is 1. The van der Waals surface area contributed by atoms with Crippen molar-refractivity contribution >= 4 is 11.6 Å². The summed E-state index contributed by atoms with van der Waals surface area (Å²) in [5, 5.41) is 19.2. The molecule has 1 unspecified atom stereocenters. The maximum atomic E-state index is 12.9. The molecule has 4 aliphatic rings. The normalized spacial score (nSPS) is 29.6. The van der Waals surface area contributed by atoms with Crippen LogP contribution in [0.4, 0.5) is 5.69 Å². The zero-order valence-electron chi connectivity index (χ0n) is 18.0. The Morgan fingerprint density at radius 1 is 1.19 bits per heavy atom. The quantitative estimate of drug-likeness (QED) is 0.527. The molecule has 1 amide bonds. The first-order valence-corrected chi connectivity index (χ1v) is 11.5. The summed E-state index contributed by atoms with van der Waals surface area (Å²) in [4.78, 5) is 24.2. The van der Waals surface area contributed by atoms with Crippen molar-refractivity contribution in [1.82, 2.24) is 15.1 Å². The molecular weight excluding hydrogens is 392 g/mol. The monoisotopic (exact) mass is 422 g/mol. The zero-order valence-corrected chi connectivity index (χ0v) is 18.0. The molecule has 0 saturated heterocycles. The minimum absolute atomic E-state index is 0.0488. The molecule has 7 nitrogen and oxygen atoms in total. The van der Waals surface area contributed by atoms with Gasteiger partial charge in [0.15, 0.2) is 0 Å². The summed E-state index contributed by atoms with van der Waals surface area (Å²) in [5.74, 6) is 1.65. The van der Waals surface area contributed by atoms with Gasteiger partial charge in [-0.15, -0.1) is 0 Å². The Bertz CT molecular complexity index is 949. The van der Waals surface area contributed by atoms with Gasteiger partial charge in [-0.3, -0.25) is 19.6 Å². The second-order valence-electron chi connectivity index (χ2n) is 10.1. The Morgan fingerprint density at radius 3 is 2.39 bits per heavy atom. The van der Waals surface area contributed by atoms with Crippen LogP contribution in [0, 0.1) is 27.9 Å². The van der Waals surface area contributed by atoms with Crippen LogP contribution < -0.4 is 5.32 Å². The number of nitrogens with zero attached hydrogens (tertiary/aromatic N) is 3. The highest BCUT2D eigenvalue weighted by molar-refractivity contribution is 5.96. The first-order valence-electron chi connectivity index (χ1n) is 11.5. The summed E-state index contributed by atoms with van der Waals surface area (Å²) < 4.78 is 1.80. The van der Waals surface area contributed by atoms with E-state index in [2.05, 4.69) is 22.5 Å². The van der Waals surface area contributed by atoms with Crippen LogP contribution in [-0.4, -0.2) is 26.7 Å². The molecule has 1 heterocycles. The Balaban J connectivity index is 1.32. The summed E-state index contributed by atoms with van der Waals surface area (Å²) in [6, 6.07) is 10.0. The fourth-order valence-corrected chi connectivity index (χ4v) is 6.64. The predicted molar refractivity (Wildman–Crippen MR) is 117 cm³/mol. The molecule has 164 valence electrons. The standard InChI is InChI=1S/C24H30N4O3/c1-16(7-8-17-5-3-2-4-6-17)25-23(29)22-21(28(30)31)15-27(26-22)24-12-18-9-19(13-24)11-20(10-18)14-24/h2-6,15-16,18-20H,7-14H2,1H3,(H,25,29). The van der Waals surface area contributed by atoms with Gasteiger partial charge in [-0.2, -0.15) is 5.10 Å². The van der Waals surface area contributed by atoms with Crippen molar-refractivity contribution < 1.29 is 9.72 Å². The van der Waals surface area contributed by atoms with Crippen LogP contribution in [0.1, 0.15) is 67.9 Å². The van der Waals surface area contributed by atoms with Gasteiger partial charge < -0.3 is 5.32 Å². The van der Waals surface area contributed by atoms with Crippen LogP contribution in [0.25, 0.3) is 0 Å². The van der Waals surface area contributed by atoms with Crippen LogP contribution in [0.2, 0.25) is 0 Å². The van der Waals surface area contributed by atoms with E-state index in [1.54, 1.807) is 4.68 Å². The van der Waals surface area contributed by atoms with E-state index < -0.39 is 10.8 Å². The second-order valence-corrected chi connectivity index (χ2v) is 10.1.